The van der Waals surface area contributed by atoms with E-state index in [9.17, 15) is 0 Å². The molecule has 1 rings (SSSR count). The van der Waals surface area contributed by atoms with Gasteiger partial charge in [-0.1, -0.05) is 19.2 Å². The van der Waals surface area contributed by atoms with E-state index in [0.29, 0.717) is 0 Å². The number of hydrogen-bond donors (Lipinski definition) is 1. The molecule has 0 saturated heterocycles. The van der Waals surface area contributed by atoms with Crippen molar-refractivity contribution in [2.24, 2.45) is 0 Å². The van der Waals surface area contributed by atoms with Crippen molar-refractivity contribution in [2.75, 3.05) is 0 Å². The lowest BCUT2D eigenvalue weighted by Crippen LogP contribution is -1.76. The Bertz CT molecular complexity index is 260. The summed E-state index contributed by atoms with van der Waals surface area (Å²) in [6, 6.07) is 1.95. The number of halogens is 1. The molecule has 0 bridgehead atoms. The maximum atomic E-state index is 3.74. The van der Waals surface area contributed by atoms with Gasteiger partial charge in [-0.15, -0.1) is 0 Å². The fraction of sp³-hybridized carbons (Fsp3) is 0. The number of aromatic nitrogens is 1. The van der Waals surface area contributed by atoms with Gasteiger partial charge >= 0.3 is 0 Å². The molecule has 0 aromatic carbocycles. The van der Waals surface area contributed by atoms with Gasteiger partial charge in [0.15, 0.2) is 0 Å². The number of aromatic amines is 1. The zero-order valence-corrected chi connectivity index (χ0v) is 7.11. The van der Waals surface area contributed by atoms with Crippen molar-refractivity contribution in [3.8, 4) is 0 Å². The first kappa shape index (κ1) is 7.35. The number of hydrogen-bond acceptors (Lipinski definition) is 0. The van der Waals surface area contributed by atoms with Crippen LogP contribution in [0.4, 0.5) is 0 Å². The van der Waals surface area contributed by atoms with Crippen LogP contribution in [0.5, 0.6) is 0 Å². The van der Waals surface area contributed by atoms with E-state index < -0.39 is 0 Å². The molecule has 0 spiro atoms. The van der Waals surface area contributed by atoms with Gasteiger partial charge in [-0.3, -0.25) is 0 Å². The molecule has 0 atom stereocenters. The Hall–Kier alpha value is -0.760. The second kappa shape index (κ2) is 2.88. The van der Waals surface area contributed by atoms with E-state index in [1.54, 1.807) is 6.08 Å². The highest BCUT2D eigenvalue weighted by Crippen LogP contribution is 2.21. The highest BCUT2D eigenvalue weighted by molar-refractivity contribution is 9.15. The minimum Gasteiger partial charge on any atom is -0.360 e. The summed E-state index contributed by atoms with van der Waals surface area (Å²) < 4.78 is 0.854. The lowest BCUT2D eigenvalue weighted by molar-refractivity contribution is 1.37. The molecule has 1 aromatic heterocycles. The average Bonchev–Trinajstić information content (AvgIpc) is 2.33. The Morgan fingerprint density at radius 2 is 2.40 bits per heavy atom. The van der Waals surface area contributed by atoms with Crippen LogP contribution in [0.15, 0.2) is 25.4 Å². The van der Waals surface area contributed by atoms with Gasteiger partial charge in [0.2, 0.25) is 0 Å². The van der Waals surface area contributed by atoms with Gasteiger partial charge in [0.1, 0.15) is 0 Å². The van der Waals surface area contributed by atoms with E-state index in [4.69, 9.17) is 0 Å². The minimum atomic E-state index is 0.854. The van der Waals surface area contributed by atoms with Gasteiger partial charge < -0.3 is 4.98 Å². The largest absolute Gasteiger partial charge is 0.360 e. The van der Waals surface area contributed by atoms with E-state index in [1.165, 1.54) is 0 Å². The second-order valence-corrected chi connectivity index (χ2v) is 2.87. The monoisotopic (exact) mass is 197 g/mol. The third-order valence-corrected chi connectivity index (χ3v) is 1.67. The van der Waals surface area contributed by atoms with E-state index in [1.807, 2.05) is 12.3 Å². The molecule has 0 unspecified atom stereocenters. The molecule has 10 heavy (non-hydrogen) atoms. The third-order valence-electron chi connectivity index (χ3n) is 1.27. The maximum absolute atomic E-state index is 3.74. The normalized spacial score (nSPS) is 9.30. The lowest BCUT2D eigenvalue weighted by atomic mass is 10.2. The minimum absolute atomic E-state index is 0.854. The molecule has 2 heteroatoms. The van der Waals surface area contributed by atoms with Crippen molar-refractivity contribution >= 4 is 26.5 Å². The third kappa shape index (κ3) is 1.21. The Morgan fingerprint density at radius 1 is 1.70 bits per heavy atom. The van der Waals surface area contributed by atoms with Crippen LogP contribution >= 0.6 is 15.9 Å². The van der Waals surface area contributed by atoms with Crippen molar-refractivity contribution < 1.29 is 0 Å². The van der Waals surface area contributed by atoms with Gasteiger partial charge in [0.05, 0.1) is 5.69 Å². The molecule has 0 fully saturated rings. The van der Waals surface area contributed by atoms with Crippen LogP contribution in [-0.2, 0) is 0 Å². The predicted molar refractivity (Wildman–Crippen MR) is 48.8 cm³/mol. The van der Waals surface area contributed by atoms with E-state index in [-0.39, 0.29) is 0 Å². The summed E-state index contributed by atoms with van der Waals surface area (Å²) in [5.74, 6) is 0. The smallest absolute Gasteiger partial charge is 0.0592 e. The van der Waals surface area contributed by atoms with Crippen LogP contribution in [0, 0.1) is 0 Å². The standard InChI is InChI=1S/C8H8BrN/c1-3-7-4-5-10-8(7)6(2)9/h3-5,10H,1-2H2. The molecular weight excluding hydrogens is 190 g/mol. The van der Waals surface area contributed by atoms with E-state index in [2.05, 4.69) is 34.1 Å². The summed E-state index contributed by atoms with van der Waals surface area (Å²) in [5.41, 5.74) is 2.07. The lowest BCUT2D eigenvalue weighted by Gasteiger charge is -1.93. The van der Waals surface area contributed by atoms with Gasteiger partial charge in [-0.05, 0) is 27.6 Å². The van der Waals surface area contributed by atoms with E-state index >= 15 is 0 Å². The average molecular weight is 198 g/mol. The summed E-state index contributed by atoms with van der Waals surface area (Å²) in [6.45, 7) is 7.41. The summed E-state index contributed by atoms with van der Waals surface area (Å²) in [4.78, 5) is 3.04. The van der Waals surface area contributed by atoms with Crippen molar-refractivity contribution in [1.29, 1.82) is 0 Å². The van der Waals surface area contributed by atoms with Crippen molar-refractivity contribution in [1.82, 2.24) is 4.98 Å². The molecule has 0 saturated carbocycles. The summed E-state index contributed by atoms with van der Waals surface area (Å²) >= 11 is 3.28. The maximum Gasteiger partial charge on any atom is 0.0592 e. The fourth-order valence-electron chi connectivity index (χ4n) is 0.786. The highest BCUT2D eigenvalue weighted by atomic mass is 79.9. The quantitative estimate of drug-likeness (QED) is 0.751. The number of rotatable bonds is 2. The highest BCUT2D eigenvalue weighted by Gasteiger charge is 1.99. The number of nitrogens with one attached hydrogen (secondary N) is 1. The van der Waals surface area contributed by atoms with Crippen molar-refractivity contribution in [3.05, 3.63) is 36.7 Å². The molecule has 0 aliphatic rings. The molecule has 0 aliphatic carbocycles. The topological polar surface area (TPSA) is 15.8 Å². The molecule has 0 amide bonds. The molecule has 0 aliphatic heterocycles. The molecule has 1 N–H and O–H groups in total. The molecule has 1 aromatic rings. The Morgan fingerprint density at radius 3 is 2.80 bits per heavy atom. The van der Waals surface area contributed by atoms with Crippen LogP contribution in [0.3, 0.4) is 0 Å². The fourth-order valence-corrected chi connectivity index (χ4v) is 1.13. The Kier molecular flexibility index (Phi) is 2.12. The summed E-state index contributed by atoms with van der Waals surface area (Å²) in [7, 11) is 0. The summed E-state index contributed by atoms with van der Waals surface area (Å²) in [6.07, 6.45) is 3.65. The van der Waals surface area contributed by atoms with Crippen LogP contribution < -0.4 is 0 Å². The summed E-state index contributed by atoms with van der Waals surface area (Å²) in [5, 5.41) is 0. The second-order valence-electron chi connectivity index (χ2n) is 1.92. The molecule has 0 radical (unpaired) electrons. The Labute approximate surface area is 68.6 Å². The van der Waals surface area contributed by atoms with Gasteiger partial charge in [-0.25, -0.2) is 0 Å². The molecule has 1 nitrogen and oxygen atoms in total. The van der Waals surface area contributed by atoms with Crippen LogP contribution in [0.2, 0.25) is 0 Å². The van der Waals surface area contributed by atoms with Crippen LogP contribution in [0.1, 0.15) is 11.3 Å². The SMILES string of the molecule is C=Cc1cc[nH]c1C(=C)Br. The number of H-pyrrole nitrogens is 1. The molecule has 52 valence electrons. The van der Waals surface area contributed by atoms with Gasteiger partial charge in [0, 0.05) is 10.7 Å². The van der Waals surface area contributed by atoms with Gasteiger partial charge in [-0.2, -0.15) is 0 Å². The predicted octanol–water partition coefficient (Wildman–Crippen LogP) is 3.02. The van der Waals surface area contributed by atoms with Crippen molar-refractivity contribution in [2.45, 2.75) is 0 Å². The van der Waals surface area contributed by atoms with Crippen molar-refractivity contribution in [3.63, 3.8) is 0 Å². The zero-order chi connectivity index (χ0) is 7.56. The molecule has 1 heterocycles. The first-order valence-electron chi connectivity index (χ1n) is 2.90. The Balaban J connectivity index is 3.13. The molecular formula is C8H8BrN. The van der Waals surface area contributed by atoms with Crippen LogP contribution in [0.25, 0.3) is 10.6 Å². The van der Waals surface area contributed by atoms with Gasteiger partial charge in [0.25, 0.3) is 0 Å². The van der Waals surface area contributed by atoms with Crippen LogP contribution in [-0.4, -0.2) is 4.98 Å². The first-order chi connectivity index (χ1) is 4.75. The zero-order valence-electron chi connectivity index (χ0n) is 5.52. The van der Waals surface area contributed by atoms with E-state index in [0.717, 1.165) is 15.7 Å². The first-order valence-corrected chi connectivity index (χ1v) is 3.69.